The van der Waals surface area contributed by atoms with Gasteiger partial charge in [0.05, 0.1) is 17.2 Å². The molecule has 0 aliphatic rings. The minimum atomic E-state index is -4.64. The Balaban J connectivity index is 1.80. The standard InChI is InChI=1S/C28H25ClF4N2O2/c1-37-13-12-34-27(36)15-22(19-8-11-25(29)24(14-19)28(31,32)33)23-17-35(26-5-3-2-4-21(23)26)16-18-6-9-20(30)10-7-18/h2-11,14,17,22H,12-13,15-16H2,1H3,(H,34,36). The summed E-state index contributed by atoms with van der Waals surface area (Å²) in [7, 11) is 1.51. The van der Waals surface area contributed by atoms with Crippen LogP contribution in [0.3, 0.4) is 0 Å². The summed E-state index contributed by atoms with van der Waals surface area (Å²) in [6.45, 7) is 1.01. The van der Waals surface area contributed by atoms with Gasteiger partial charge < -0.3 is 14.6 Å². The van der Waals surface area contributed by atoms with Crippen LogP contribution in [-0.2, 0) is 22.3 Å². The number of methoxy groups -OCH3 is 1. The predicted octanol–water partition coefficient (Wildman–Crippen LogP) is 6.79. The van der Waals surface area contributed by atoms with Gasteiger partial charge in [-0.3, -0.25) is 4.79 Å². The van der Waals surface area contributed by atoms with E-state index in [2.05, 4.69) is 5.32 Å². The van der Waals surface area contributed by atoms with Crippen LogP contribution in [0.5, 0.6) is 0 Å². The zero-order valence-corrected chi connectivity index (χ0v) is 20.7. The molecular formula is C28H25ClF4N2O2. The highest BCUT2D eigenvalue weighted by atomic mass is 35.5. The molecule has 0 aliphatic heterocycles. The molecule has 0 saturated heterocycles. The van der Waals surface area contributed by atoms with Crippen molar-refractivity contribution in [3.63, 3.8) is 0 Å². The Kier molecular flexibility index (Phi) is 8.19. The Morgan fingerprint density at radius 2 is 1.81 bits per heavy atom. The van der Waals surface area contributed by atoms with Gasteiger partial charge in [0.15, 0.2) is 0 Å². The third-order valence-electron chi connectivity index (χ3n) is 6.18. The molecule has 1 N–H and O–H groups in total. The molecule has 1 heterocycles. The zero-order valence-electron chi connectivity index (χ0n) is 20.0. The van der Waals surface area contributed by atoms with Crippen LogP contribution in [0.1, 0.15) is 34.6 Å². The number of carbonyl (C=O) groups is 1. The van der Waals surface area contributed by atoms with Crippen LogP contribution in [0.4, 0.5) is 17.6 Å². The molecule has 1 unspecified atom stereocenters. The van der Waals surface area contributed by atoms with E-state index in [1.807, 2.05) is 35.0 Å². The van der Waals surface area contributed by atoms with Crippen LogP contribution < -0.4 is 5.32 Å². The number of carbonyl (C=O) groups excluding carboxylic acids is 1. The summed E-state index contributed by atoms with van der Waals surface area (Å²) in [5, 5.41) is 3.16. The molecule has 0 saturated carbocycles. The molecule has 1 amide bonds. The Labute approximate surface area is 216 Å². The van der Waals surface area contributed by atoms with Crippen molar-refractivity contribution in [1.29, 1.82) is 0 Å². The molecule has 1 atom stereocenters. The highest BCUT2D eigenvalue weighted by Crippen LogP contribution is 2.40. The van der Waals surface area contributed by atoms with E-state index in [-0.39, 0.29) is 24.7 Å². The number of rotatable bonds is 9. The summed E-state index contributed by atoms with van der Waals surface area (Å²) in [4.78, 5) is 12.8. The molecule has 0 bridgehead atoms. The molecule has 0 spiro atoms. The first-order chi connectivity index (χ1) is 17.7. The van der Waals surface area contributed by atoms with Gasteiger partial charge in [0.1, 0.15) is 5.82 Å². The molecule has 4 rings (SSSR count). The summed E-state index contributed by atoms with van der Waals surface area (Å²) in [5.74, 6) is -1.34. The van der Waals surface area contributed by atoms with Crippen molar-refractivity contribution in [3.8, 4) is 0 Å². The second kappa shape index (κ2) is 11.4. The van der Waals surface area contributed by atoms with Gasteiger partial charge in [-0.15, -0.1) is 0 Å². The molecule has 0 radical (unpaired) electrons. The maximum atomic E-state index is 13.7. The van der Waals surface area contributed by atoms with Crippen molar-refractivity contribution in [1.82, 2.24) is 9.88 Å². The fourth-order valence-electron chi connectivity index (χ4n) is 4.40. The van der Waals surface area contributed by atoms with Gasteiger partial charge in [-0.05, 0) is 47.0 Å². The van der Waals surface area contributed by atoms with E-state index >= 15 is 0 Å². The molecule has 194 valence electrons. The average Bonchev–Trinajstić information content (AvgIpc) is 3.22. The molecule has 37 heavy (non-hydrogen) atoms. The zero-order chi connectivity index (χ0) is 26.6. The van der Waals surface area contributed by atoms with Crippen molar-refractivity contribution < 1.29 is 27.1 Å². The highest BCUT2D eigenvalue weighted by Gasteiger charge is 2.34. The molecule has 0 aliphatic carbocycles. The summed E-state index contributed by atoms with van der Waals surface area (Å²) in [6, 6.07) is 17.4. The number of hydrogen-bond acceptors (Lipinski definition) is 2. The summed E-state index contributed by atoms with van der Waals surface area (Å²) >= 11 is 5.88. The first-order valence-electron chi connectivity index (χ1n) is 11.6. The minimum absolute atomic E-state index is 0.0762. The van der Waals surface area contributed by atoms with Gasteiger partial charge >= 0.3 is 6.18 Å². The Bertz CT molecular complexity index is 1380. The molecule has 1 aromatic heterocycles. The van der Waals surface area contributed by atoms with Crippen LogP contribution in [0.15, 0.2) is 72.9 Å². The molecule has 4 nitrogen and oxygen atoms in total. The van der Waals surface area contributed by atoms with E-state index in [1.165, 1.54) is 31.4 Å². The normalized spacial score (nSPS) is 12.6. The van der Waals surface area contributed by atoms with E-state index in [9.17, 15) is 22.4 Å². The number of ether oxygens (including phenoxy) is 1. The number of para-hydroxylation sites is 1. The number of nitrogens with one attached hydrogen (secondary N) is 1. The summed E-state index contributed by atoms with van der Waals surface area (Å²) in [5.41, 5.74) is 1.77. The van der Waals surface area contributed by atoms with Gasteiger partial charge in [0.2, 0.25) is 5.91 Å². The van der Waals surface area contributed by atoms with Crippen molar-refractivity contribution in [3.05, 3.63) is 106 Å². The predicted molar refractivity (Wildman–Crippen MR) is 135 cm³/mol. The second-order valence-corrected chi connectivity index (χ2v) is 9.10. The molecule has 0 fully saturated rings. The third kappa shape index (κ3) is 6.32. The van der Waals surface area contributed by atoms with E-state index in [0.29, 0.717) is 24.3 Å². The van der Waals surface area contributed by atoms with Crippen molar-refractivity contribution in [2.24, 2.45) is 0 Å². The molecular weight excluding hydrogens is 508 g/mol. The lowest BCUT2D eigenvalue weighted by molar-refractivity contribution is -0.137. The number of nitrogens with zero attached hydrogens (tertiary/aromatic N) is 1. The fraction of sp³-hybridized carbons (Fsp3) is 0.250. The molecule has 9 heteroatoms. The van der Waals surface area contributed by atoms with Gasteiger partial charge in [-0.25, -0.2) is 4.39 Å². The van der Waals surface area contributed by atoms with Crippen molar-refractivity contribution >= 4 is 28.4 Å². The van der Waals surface area contributed by atoms with Gasteiger partial charge in [-0.1, -0.05) is 48.0 Å². The summed E-state index contributed by atoms with van der Waals surface area (Å²) in [6.07, 6.45) is -2.87. The first-order valence-corrected chi connectivity index (χ1v) is 12.0. The van der Waals surface area contributed by atoms with E-state index in [0.717, 1.165) is 22.5 Å². The Morgan fingerprint density at radius 3 is 2.51 bits per heavy atom. The quantitative estimate of drug-likeness (QED) is 0.191. The number of alkyl halides is 3. The lowest BCUT2D eigenvalue weighted by Crippen LogP contribution is -2.28. The minimum Gasteiger partial charge on any atom is -0.383 e. The van der Waals surface area contributed by atoms with Crippen LogP contribution in [0.2, 0.25) is 5.02 Å². The summed E-state index contributed by atoms with van der Waals surface area (Å²) < 4.78 is 61.4. The number of benzene rings is 3. The number of hydrogen-bond donors (Lipinski definition) is 1. The fourth-order valence-corrected chi connectivity index (χ4v) is 4.63. The third-order valence-corrected chi connectivity index (χ3v) is 6.51. The Hall–Kier alpha value is -3.36. The number of halogens is 5. The van der Waals surface area contributed by atoms with Gasteiger partial charge in [0, 0.05) is 49.6 Å². The second-order valence-electron chi connectivity index (χ2n) is 8.69. The SMILES string of the molecule is COCCNC(=O)CC(c1ccc(Cl)c(C(F)(F)F)c1)c1cn(Cc2ccc(F)cc2)c2ccccc12. The monoisotopic (exact) mass is 532 g/mol. The Morgan fingerprint density at radius 1 is 1.08 bits per heavy atom. The van der Waals surface area contributed by atoms with Gasteiger partial charge in [-0.2, -0.15) is 13.2 Å². The van der Waals surface area contributed by atoms with Gasteiger partial charge in [0.25, 0.3) is 0 Å². The maximum Gasteiger partial charge on any atom is 0.417 e. The van der Waals surface area contributed by atoms with Crippen molar-refractivity contribution in [2.75, 3.05) is 20.3 Å². The largest absolute Gasteiger partial charge is 0.417 e. The first kappa shape index (κ1) is 26.7. The molecule has 4 aromatic rings. The lowest BCUT2D eigenvalue weighted by Gasteiger charge is -2.19. The molecule has 3 aromatic carbocycles. The number of aromatic nitrogens is 1. The smallest absolute Gasteiger partial charge is 0.383 e. The van der Waals surface area contributed by atoms with E-state index < -0.39 is 22.7 Å². The van der Waals surface area contributed by atoms with E-state index in [4.69, 9.17) is 16.3 Å². The maximum absolute atomic E-state index is 13.7. The van der Waals surface area contributed by atoms with E-state index in [1.54, 1.807) is 12.1 Å². The van der Waals surface area contributed by atoms with Crippen LogP contribution in [-0.4, -0.2) is 30.7 Å². The van der Waals surface area contributed by atoms with Crippen molar-refractivity contribution in [2.45, 2.75) is 25.1 Å². The van der Waals surface area contributed by atoms with Crippen LogP contribution in [0, 0.1) is 5.82 Å². The number of fused-ring (bicyclic) bond motifs is 1. The highest BCUT2D eigenvalue weighted by molar-refractivity contribution is 6.31. The lowest BCUT2D eigenvalue weighted by atomic mass is 9.87. The van der Waals surface area contributed by atoms with Crippen LogP contribution >= 0.6 is 11.6 Å². The van der Waals surface area contributed by atoms with Crippen LogP contribution in [0.25, 0.3) is 10.9 Å². The average molecular weight is 533 g/mol. The topological polar surface area (TPSA) is 43.3 Å². The number of amides is 1.